The molecule has 0 aliphatic carbocycles. The number of anilines is 1. The molecule has 0 saturated carbocycles. The van der Waals surface area contributed by atoms with Crippen molar-refractivity contribution in [2.75, 3.05) is 5.73 Å². The van der Waals surface area contributed by atoms with Gasteiger partial charge in [0.15, 0.2) is 0 Å². The zero-order valence-corrected chi connectivity index (χ0v) is 11.8. The van der Waals surface area contributed by atoms with Crippen molar-refractivity contribution < 1.29 is 5.11 Å². The summed E-state index contributed by atoms with van der Waals surface area (Å²) in [7, 11) is 0. The Bertz CT molecular complexity index is 890. The first-order valence-corrected chi connectivity index (χ1v) is 6.56. The van der Waals surface area contributed by atoms with Crippen LogP contribution >= 0.6 is 0 Å². The monoisotopic (exact) mass is 281 g/mol. The predicted molar refractivity (Wildman–Crippen MR) is 83.4 cm³/mol. The smallest absolute Gasteiger partial charge is 0.259 e. The van der Waals surface area contributed by atoms with Gasteiger partial charge in [-0.05, 0) is 55.3 Å². The van der Waals surface area contributed by atoms with E-state index in [9.17, 15) is 9.90 Å². The maximum Gasteiger partial charge on any atom is 0.259 e. The van der Waals surface area contributed by atoms with Crippen LogP contribution in [0.25, 0.3) is 22.3 Å². The lowest BCUT2D eigenvalue weighted by molar-refractivity contribution is 0.467. The van der Waals surface area contributed by atoms with E-state index in [-0.39, 0.29) is 11.3 Å². The number of rotatable bonds is 1. The highest BCUT2D eigenvalue weighted by Gasteiger charge is 2.09. The summed E-state index contributed by atoms with van der Waals surface area (Å²) in [5.41, 5.74) is 8.82. The average molecular weight is 281 g/mol. The topological polar surface area (TPSA) is 92.0 Å². The van der Waals surface area contributed by atoms with Crippen molar-refractivity contribution in [2.24, 2.45) is 0 Å². The molecule has 0 aliphatic rings. The van der Waals surface area contributed by atoms with Crippen molar-refractivity contribution in [1.29, 1.82) is 0 Å². The number of nitrogens with two attached hydrogens (primary N) is 1. The number of benzene rings is 2. The molecule has 2 aromatic carbocycles. The molecule has 4 N–H and O–H groups in total. The quantitative estimate of drug-likeness (QED) is 0.597. The van der Waals surface area contributed by atoms with Crippen LogP contribution < -0.4 is 11.3 Å². The predicted octanol–water partition coefficient (Wildman–Crippen LogP) is 2.49. The third-order valence-corrected chi connectivity index (χ3v) is 3.49. The number of hydrogen-bond acceptors (Lipinski definition) is 4. The number of nitrogens with zero attached hydrogens (tertiary/aromatic N) is 1. The van der Waals surface area contributed by atoms with Gasteiger partial charge in [0.2, 0.25) is 0 Å². The summed E-state index contributed by atoms with van der Waals surface area (Å²) in [5.74, 6) is 0.734. The van der Waals surface area contributed by atoms with Gasteiger partial charge in [-0.2, -0.15) is 0 Å². The number of hydrogen-bond donors (Lipinski definition) is 3. The van der Waals surface area contributed by atoms with E-state index in [0.717, 1.165) is 16.7 Å². The van der Waals surface area contributed by atoms with E-state index in [1.807, 2.05) is 13.8 Å². The number of phenols is 1. The summed E-state index contributed by atoms with van der Waals surface area (Å²) >= 11 is 0. The van der Waals surface area contributed by atoms with E-state index in [4.69, 9.17) is 5.73 Å². The Hall–Kier alpha value is -2.82. The van der Waals surface area contributed by atoms with E-state index < -0.39 is 0 Å². The van der Waals surface area contributed by atoms with Gasteiger partial charge in [-0.1, -0.05) is 0 Å². The fourth-order valence-corrected chi connectivity index (χ4v) is 2.39. The van der Waals surface area contributed by atoms with Gasteiger partial charge in [0.25, 0.3) is 5.56 Å². The van der Waals surface area contributed by atoms with Crippen molar-refractivity contribution in [1.82, 2.24) is 9.97 Å². The Labute approximate surface area is 121 Å². The molecule has 0 atom stereocenters. The van der Waals surface area contributed by atoms with Crippen LogP contribution in [0.5, 0.6) is 5.75 Å². The van der Waals surface area contributed by atoms with Crippen LogP contribution in [0.1, 0.15) is 11.1 Å². The molecule has 3 aromatic rings. The third-order valence-electron chi connectivity index (χ3n) is 3.49. The van der Waals surface area contributed by atoms with Gasteiger partial charge in [0, 0.05) is 11.3 Å². The first-order valence-electron chi connectivity index (χ1n) is 6.56. The number of aromatic nitrogens is 2. The van der Waals surface area contributed by atoms with Crippen molar-refractivity contribution in [3.05, 3.63) is 51.8 Å². The van der Waals surface area contributed by atoms with E-state index in [1.54, 1.807) is 30.3 Å². The van der Waals surface area contributed by atoms with Crippen LogP contribution in [-0.4, -0.2) is 15.1 Å². The highest BCUT2D eigenvalue weighted by Crippen LogP contribution is 2.27. The molecule has 0 radical (unpaired) electrons. The third kappa shape index (κ3) is 2.23. The largest absolute Gasteiger partial charge is 0.507 e. The van der Waals surface area contributed by atoms with Crippen molar-refractivity contribution in [3.63, 3.8) is 0 Å². The maximum absolute atomic E-state index is 12.2. The number of nitrogens with one attached hydrogen (secondary N) is 1. The molecule has 0 amide bonds. The first-order chi connectivity index (χ1) is 9.95. The number of H-pyrrole nitrogens is 1. The second-order valence-electron chi connectivity index (χ2n) is 5.15. The fourth-order valence-electron chi connectivity index (χ4n) is 2.39. The minimum Gasteiger partial charge on any atom is -0.507 e. The van der Waals surface area contributed by atoms with Crippen LogP contribution in [-0.2, 0) is 0 Å². The SMILES string of the molecule is Cc1cc(-c2nc3ccc(N)cc3c(=O)[nH]2)cc(C)c1O. The van der Waals surface area contributed by atoms with Gasteiger partial charge in [-0.3, -0.25) is 4.79 Å². The highest BCUT2D eigenvalue weighted by molar-refractivity contribution is 5.82. The number of aromatic hydroxyl groups is 1. The Morgan fingerprint density at radius 1 is 1.14 bits per heavy atom. The second kappa shape index (κ2) is 4.63. The summed E-state index contributed by atoms with van der Waals surface area (Å²) < 4.78 is 0. The number of phenolic OH excluding ortho intramolecular Hbond substituents is 1. The molecule has 0 unspecified atom stereocenters. The Balaban J connectivity index is 2.27. The molecule has 0 saturated heterocycles. The standard InChI is InChI=1S/C16H15N3O2/c1-8-5-10(6-9(2)14(8)20)15-18-13-4-3-11(17)7-12(13)16(21)19-15/h3-7,20H,17H2,1-2H3,(H,18,19,21). The maximum atomic E-state index is 12.2. The lowest BCUT2D eigenvalue weighted by Crippen LogP contribution is -2.10. The second-order valence-corrected chi connectivity index (χ2v) is 5.15. The number of nitrogen functional groups attached to an aromatic ring is 1. The Morgan fingerprint density at radius 2 is 1.81 bits per heavy atom. The minimum absolute atomic E-state index is 0.231. The zero-order valence-electron chi connectivity index (χ0n) is 11.8. The minimum atomic E-state index is -0.231. The van der Waals surface area contributed by atoms with E-state index in [1.165, 1.54) is 0 Å². The Morgan fingerprint density at radius 3 is 2.48 bits per heavy atom. The number of fused-ring (bicyclic) bond motifs is 1. The molecule has 0 bridgehead atoms. The van der Waals surface area contributed by atoms with Gasteiger partial charge in [0.1, 0.15) is 11.6 Å². The summed E-state index contributed by atoms with van der Waals surface area (Å²) in [6.45, 7) is 3.62. The van der Waals surface area contributed by atoms with Crippen molar-refractivity contribution in [3.8, 4) is 17.1 Å². The van der Waals surface area contributed by atoms with Crippen LogP contribution in [0, 0.1) is 13.8 Å². The summed E-state index contributed by atoms with van der Waals surface area (Å²) in [6.07, 6.45) is 0. The van der Waals surface area contributed by atoms with Crippen LogP contribution in [0.15, 0.2) is 35.1 Å². The first kappa shape index (κ1) is 13.2. The van der Waals surface area contributed by atoms with E-state index in [0.29, 0.717) is 22.4 Å². The average Bonchev–Trinajstić information content (AvgIpc) is 2.44. The van der Waals surface area contributed by atoms with Gasteiger partial charge < -0.3 is 15.8 Å². The van der Waals surface area contributed by atoms with Gasteiger partial charge >= 0.3 is 0 Å². The van der Waals surface area contributed by atoms with Gasteiger partial charge in [-0.25, -0.2) is 4.98 Å². The molecule has 5 heteroatoms. The van der Waals surface area contributed by atoms with Gasteiger partial charge in [0.05, 0.1) is 10.9 Å². The van der Waals surface area contributed by atoms with Gasteiger partial charge in [-0.15, -0.1) is 0 Å². The number of aryl methyl sites for hydroxylation is 2. The summed E-state index contributed by atoms with van der Waals surface area (Å²) in [5, 5.41) is 10.3. The summed E-state index contributed by atoms with van der Waals surface area (Å²) in [6, 6.07) is 8.64. The highest BCUT2D eigenvalue weighted by atomic mass is 16.3. The molecule has 0 spiro atoms. The van der Waals surface area contributed by atoms with E-state index >= 15 is 0 Å². The normalized spacial score (nSPS) is 11.0. The molecule has 0 fully saturated rings. The summed E-state index contributed by atoms with van der Waals surface area (Å²) in [4.78, 5) is 19.4. The lowest BCUT2D eigenvalue weighted by atomic mass is 10.1. The van der Waals surface area contributed by atoms with Crippen LogP contribution in [0.2, 0.25) is 0 Å². The van der Waals surface area contributed by atoms with Crippen molar-refractivity contribution in [2.45, 2.75) is 13.8 Å². The number of aromatic amines is 1. The molecule has 1 aromatic heterocycles. The lowest BCUT2D eigenvalue weighted by Gasteiger charge is -2.08. The van der Waals surface area contributed by atoms with Crippen molar-refractivity contribution >= 4 is 16.6 Å². The molecular formula is C16H15N3O2. The molecule has 21 heavy (non-hydrogen) atoms. The molecule has 5 nitrogen and oxygen atoms in total. The molecular weight excluding hydrogens is 266 g/mol. The molecule has 3 rings (SSSR count). The van der Waals surface area contributed by atoms with Crippen LogP contribution in [0.3, 0.4) is 0 Å². The molecule has 1 heterocycles. The van der Waals surface area contributed by atoms with Crippen LogP contribution in [0.4, 0.5) is 5.69 Å². The molecule has 0 aliphatic heterocycles. The zero-order chi connectivity index (χ0) is 15.1. The fraction of sp³-hybridized carbons (Fsp3) is 0.125. The molecule has 106 valence electrons. The Kier molecular flexibility index (Phi) is 2.90. The van der Waals surface area contributed by atoms with E-state index in [2.05, 4.69) is 9.97 Å².